The zero-order valence-electron chi connectivity index (χ0n) is 43.2. The normalized spacial score (nSPS) is 11.4. The van der Waals surface area contributed by atoms with Gasteiger partial charge in [0, 0.05) is 75.1 Å². The van der Waals surface area contributed by atoms with Gasteiger partial charge < -0.3 is 0 Å². The third-order valence-electron chi connectivity index (χ3n) is 14.8. The van der Waals surface area contributed by atoms with E-state index in [0.29, 0.717) is 0 Å². The predicted octanol–water partition coefficient (Wildman–Crippen LogP) is 22.6. The summed E-state index contributed by atoms with van der Waals surface area (Å²) in [6.07, 6.45) is 0. The van der Waals surface area contributed by atoms with Gasteiger partial charge in [0.15, 0.2) is 0 Å². The third-order valence-corrected chi connectivity index (χ3v) is 20.3. The van der Waals surface area contributed by atoms with Crippen LogP contribution in [0.25, 0.3) is 140 Å². The molecule has 0 unspecified atom stereocenters. The lowest BCUT2D eigenvalue weighted by Crippen LogP contribution is -1.89. The van der Waals surface area contributed by atoms with E-state index in [1.54, 1.807) is 0 Å². The molecule has 0 bridgehead atoms. The Balaban J connectivity index is 1.05. The molecular weight excluding hydrogens is 1050 g/mol. The molecule has 0 amide bonds. The van der Waals surface area contributed by atoms with Crippen molar-refractivity contribution >= 4 is 68.1 Å². The maximum atomic E-state index is 5.32. The van der Waals surface area contributed by atoms with Crippen molar-refractivity contribution in [2.75, 3.05) is 0 Å². The molecule has 0 saturated carbocycles. The number of hydrogen-bond acceptors (Lipinski definition) is 7. The molecule has 0 aliphatic carbocycles. The molecule has 0 saturated heterocycles. The second-order valence-electron chi connectivity index (χ2n) is 19.5. The molecule has 14 rings (SSSR count). The van der Waals surface area contributed by atoms with Gasteiger partial charge in [-0.05, 0) is 58.4 Å². The Hall–Kier alpha value is -8.40. The fraction of sp³-hybridized carbons (Fsp3) is 0.0278. The quantitative estimate of drug-likeness (QED) is 0.122. The molecule has 0 spiro atoms. The molecule has 9 aromatic carbocycles. The zero-order chi connectivity index (χ0) is 52.8. The largest absolute Gasteiger partial charge is 0.172 e. The minimum absolute atomic E-state index is 0.904. The van der Waals surface area contributed by atoms with E-state index in [1.807, 2.05) is 45.3 Å². The molecule has 7 heteroatoms. The van der Waals surface area contributed by atoms with Crippen LogP contribution >= 0.6 is 57.1 Å². The van der Waals surface area contributed by atoms with Crippen molar-refractivity contribution in [2.45, 2.75) is 13.8 Å². The second-order valence-corrected chi connectivity index (χ2v) is 24.6. The van der Waals surface area contributed by atoms with Gasteiger partial charge >= 0.3 is 0 Å². The van der Waals surface area contributed by atoms with Crippen molar-refractivity contribution in [3.63, 3.8) is 0 Å². The molecule has 0 fully saturated rings. The minimum Gasteiger partial charge on any atom is -0.172 e. The molecule has 0 N–H and O–H groups in total. The maximum Gasteiger partial charge on any atom is 0.114 e. The first-order valence-corrected chi connectivity index (χ1v) is 30.4. The fourth-order valence-corrected chi connectivity index (χ4v) is 17.4. The van der Waals surface area contributed by atoms with E-state index in [9.17, 15) is 0 Å². The lowest BCUT2D eigenvalue weighted by Gasteiger charge is -2.13. The van der Waals surface area contributed by atoms with Crippen LogP contribution in [-0.4, -0.2) is 8.75 Å². The van der Waals surface area contributed by atoms with Crippen molar-refractivity contribution in [3.8, 4) is 129 Å². The average molecular weight is 1100 g/mol. The van der Waals surface area contributed by atoms with Crippen LogP contribution in [0.4, 0.5) is 0 Å². The number of aromatic nitrogens is 2. The summed E-state index contributed by atoms with van der Waals surface area (Å²) in [6, 6.07) is 92.4. The number of rotatable bonds is 12. The van der Waals surface area contributed by atoms with E-state index in [1.165, 1.54) is 129 Å². The van der Waals surface area contributed by atoms with Crippen LogP contribution in [0, 0.1) is 13.8 Å². The predicted molar refractivity (Wildman–Crippen MR) is 344 cm³/mol. The number of aryl methyl sites for hydroxylation is 2. The standard InChI is InChI=1S/C72H48N2S5/c1-45-57(47-27-11-3-12-28-47)59(49-31-15-5-16-32-49)69(75-45)71-63(53-39-23-9-24-40-53)61(51-35-19-7-20-36-51)67(77-71)55-43-44-56(66-65(55)73-79-74-66)68-62(52-37-21-8-22-38-52)64(54-41-25-10-26-42-54)72(78-68)70-60(50-33-17-6-18-34-50)58(46(2)76-70)48-29-13-4-14-30-48/h3-44H,1-2H3. The maximum absolute atomic E-state index is 5.32. The molecule has 0 aliphatic rings. The molecule has 0 radical (unpaired) electrons. The van der Waals surface area contributed by atoms with Crippen molar-refractivity contribution in [1.29, 1.82) is 0 Å². The summed E-state index contributed by atoms with van der Waals surface area (Å²) in [7, 11) is 0. The monoisotopic (exact) mass is 1100 g/mol. The van der Waals surface area contributed by atoms with Gasteiger partial charge in [0.2, 0.25) is 0 Å². The number of benzene rings is 9. The smallest absolute Gasteiger partial charge is 0.114 e. The van der Waals surface area contributed by atoms with E-state index < -0.39 is 0 Å². The molecule has 0 atom stereocenters. The molecule has 2 nitrogen and oxygen atoms in total. The van der Waals surface area contributed by atoms with Gasteiger partial charge in [-0.3, -0.25) is 0 Å². The lowest BCUT2D eigenvalue weighted by molar-refractivity contribution is 1.57. The molecule has 376 valence electrons. The summed E-state index contributed by atoms with van der Waals surface area (Å²) >= 11 is 8.86. The van der Waals surface area contributed by atoms with Crippen LogP contribution in [0.1, 0.15) is 9.75 Å². The van der Waals surface area contributed by atoms with Crippen LogP contribution in [0.15, 0.2) is 255 Å². The Morgan fingerprint density at radius 1 is 0.215 bits per heavy atom. The average Bonchev–Trinajstić information content (AvgIpc) is 4.39. The Bertz CT molecular complexity index is 4160. The summed E-state index contributed by atoms with van der Waals surface area (Å²) in [6.45, 7) is 4.57. The highest BCUT2D eigenvalue weighted by Crippen LogP contribution is 2.61. The molecule has 5 aromatic heterocycles. The lowest BCUT2D eigenvalue weighted by atomic mass is 9.89. The first-order valence-electron chi connectivity index (χ1n) is 26.4. The summed E-state index contributed by atoms with van der Waals surface area (Å²) in [4.78, 5) is 9.93. The van der Waals surface area contributed by atoms with Crippen LogP contribution < -0.4 is 0 Å². The van der Waals surface area contributed by atoms with Crippen molar-refractivity contribution in [2.24, 2.45) is 0 Å². The van der Waals surface area contributed by atoms with Crippen LogP contribution in [-0.2, 0) is 0 Å². The highest BCUT2D eigenvalue weighted by Gasteiger charge is 2.33. The Labute approximate surface area is 480 Å². The van der Waals surface area contributed by atoms with Gasteiger partial charge in [0.25, 0.3) is 0 Å². The Morgan fingerprint density at radius 3 is 0.671 bits per heavy atom. The Morgan fingerprint density at radius 2 is 0.418 bits per heavy atom. The van der Waals surface area contributed by atoms with E-state index in [0.717, 1.165) is 33.3 Å². The van der Waals surface area contributed by atoms with E-state index >= 15 is 0 Å². The SMILES string of the molecule is Cc1sc(-c2sc(-c3ccc(-c4sc(-c5sc(C)c(-c6ccccc6)c5-c5ccccc5)c(-c5ccccc5)c4-c4ccccc4)c4nsnc34)c(-c3ccccc3)c2-c2ccccc2)c(-c2ccccc2)c1-c1ccccc1. The van der Waals surface area contributed by atoms with Crippen LogP contribution in [0.5, 0.6) is 0 Å². The number of thiophene rings is 4. The van der Waals surface area contributed by atoms with Gasteiger partial charge in [0.1, 0.15) is 11.0 Å². The molecule has 14 aromatic rings. The molecule has 79 heavy (non-hydrogen) atoms. The summed E-state index contributed by atoms with van der Waals surface area (Å²) in [5.41, 5.74) is 23.4. The number of hydrogen-bond donors (Lipinski definition) is 0. The van der Waals surface area contributed by atoms with Gasteiger partial charge in [-0.2, -0.15) is 8.75 Å². The van der Waals surface area contributed by atoms with Crippen molar-refractivity contribution in [1.82, 2.24) is 8.75 Å². The highest BCUT2D eigenvalue weighted by atomic mass is 32.1. The summed E-state index contributed by atoms with van der Waals surface area (Å²) < 4.78 is 10.6. The molecule has 5 heterocycles. The fourth-order valence-electron chi connectivity index (χ4n) is 11.4. The molecular formula is C72H48N2S5. The van der Waals surface area contributed by atoms with Crippen molar-refractivity contribution in [3.05, 3.63) is 265 Å². The summed E-state index contributed by atoms with van der Waals surface area (Å²) in [5.74, 6) is 0. The van der Waals surface area contributed by atoms with E-state index in [2.05, 4.69) is 269 Å². The van der Waals surface area contributed by atoms with Crippen molar-refractivity contribution < 1.29 is 0 Å². The van der Waals surface area contributed by atoms with Crippen LogP contribution in [0.3, 0.4) is 0 Å². The topological polar surface area (TPSA) is 25.8 Å². The van der Waals surface area contributed by atoms with Gasteiger partial charge in [-0.1, -0.05) is 255 Å². The first kappa shape index (κ1) is 48.9. The second kappa shape index (κ2) is 21.1. The number of fused-ring (bicyclic) bond motifs is 1. The number of nitrogens with zero attached hydrogens (tertiary/aromatic N) is 2. The zero-order valence-corrected chi connectivity index (χ0v) is 47.3. The van der Waals surface area contributed by atoms with Crippen LogP contribution in [0.2, 0.25) is 0 Å². The van der Waals surface area contributed by atoms with Gasteiger partial charge in [-0.25, -0.2) is 0 Å². The van der Waals surface area contributed by atoms with Gasteiger partial charge in [0.05, 0.1) is 31.2 Å². The first-order chi connectivity index (χ1) is 39.1. The minimum atomic E-state index is 0.904. The highest BCUT2D eigenvalue weighted by molar-refractivity contribution is 7.26. The van der Waals surface area contributed by atoms with E-state index in [4.69, 9.17) is 8.75 Å². The molecule has 0 aliphatic heterocycles. The summed E-state index contributed by atoms with van der Waals surface area (Å²) in [5, 5.41) is 0. The van der Waals surface area contributed by atoms with Gasteiger partial charge in [-0.15, -0.1) is 45.3 Å². The third kappa shape index (κ3) is 8.76. The van der Waals surface area contributed by atoms with E-state index in [-0.39, 0.29) is 0 Å². The Kier molecular flexibility index (Phi) is 13.1.